The van der Waals surface area contributed by atoms with Gasteiger partial charge in [0.2, 0.25) is 0 Å². The molecular formula is C8H9ClI2N2O2S2. The van der Waals surface area contributed by atoms with E-state index >= 15 is 0 Å². The van der Waals surface area contributed by atoms with Gasteiger partial charge >= 0.3 is 0 Å². The van der Waals surface area contributed by atoms with Crippen LogP contribution in [-0.4, -0.2) is 7.91 Å². The van der Waals surface area contributed by atoms with Crippen molar-refractivity contribution in [2.75, 3.05) is 0 Å². The third-order valence-electron chi connectivity index (χ3n) is 1.51. The third kappa shape index (κ3) is 6.94. The van der Waals surface area contributed by atoms with E-state index in [4.69, 9.17) is 11.6 Å². The van der Waals surface area contributed by atoms with Gasteiger partial charge in [0.15, 0.2) is 0 Å². The van der Waals surface area contributed by atoms with E-state index in [0.717, 1.165) is 0 Å². The van der Waals surface area contributed by atoms with E-state index in [-0.39, 0.29) is 11.1 Å². The zero-order chi connectivity index (χ0) is 13.4. The minimum Gasteiger partial charge on any atom is -0.268 e. The maximum absolute atomic E-state index is 10.5. The summed E-state index contributed by atoms with van der Waals surface area (Å²) in [6.45, 7) is 0. The summed E-state index contributed by atoms with van der Waals surface area (Å²) in [5.41, 5.74) is 0.0324. The van der Waals surface area contributed by atoms with Crippen LogP contribution in [0.2, 0.25) is 4.34 Å². The molecule has 0 aliphatic carbocycles. The van der Waals surface area contributed by atoms with Gasteiger partial charge in [-0.1, -0.05) is 23.1 Å². The number of hydrogen-bond acceptors (Lipinski definition) is 4. The molecule has 0 fully saturated rings. The Balaban J connectivity index is 0.000000265. The molecule has 0 bridgehead atoms. The lowest BCUT2D eigenvalue weighted by molar-refractivity contribution is 0.981. The van der Waals surface area contributed by atoms with Crippen molar-refractivity contribution >= 4 is 71.9 Å². The molecule has 0 saturated carbocycles. The van der Waals surface area contributed by atoms with Crippen LogP contribution in [0.15, 0.2) is 27.1 Å². The second-order valence-corrected chi connectivity index (χ2v) is 5.45. The summed E-state index contributed by atoms with van der Waals surface area (Å²) in [7, 11) is 3.42. The van der Waals surface area contributed by atoms with Gasteiger partial charge in [-0.15, -0.1) is 0 Å². The number of rotatable bonds is 0. The van der Waals surface area contributed by atoms with Crippen molar-refractivity contribution in [3.63, 3.8) is 0 Å². The van der Waals surface area contributed by atoms with Crippen LogP contribution in [0.4, 0.5) is 0 Å². The SMILES string of the molecule is Cn1sc(Cl)cc1=O.Cn1sccc1=O.II. The first kappa shape index (κ1) is 17.6. The number of halogens is 3. The Morgan fingerprint density at radius 2 is 1.76 bits per heavy atom. The molecule has 2 rings (SSSR count). The fraction of sp³-hybridized carbons (Fsp3) is 0.250. The van der Waals surface area contributed by atoms with Crippen molar-refractivity contribution in [3.8, 4) is 0 Å². The van der Waals surface area contributed by atoms with E-state index in [1.807, 2.05) is 0 Å². The maximum Gasteiger partial charge on any atom is 0.261 e. The summed E-state index contributed by atoms with van der Waals surface area (Å²) in [6, 6.07) is 2.94. The lowest BCUT2D eigenvalue weighted by Gasteiger charge is -1.77. The fourth-order valence-corrected chi connectivity index (χ4v) is 2.21. The third-order valence-corrected chi connectivity index (χ3v) is 3.33. The van der Waals surface area contributed by atoms with Crippen LogP contribution >= 0.6 is 71.9 Å². The highest BCUT2D eigenvalue weighted by molar-refractivity contribution is 15.0. The highest BCUT2D eigenvalue weighted by Crippen LogP contribution is 2.09. The predicted octanol–water partition coefficient (Wildman–Crippen LogP) is 3.32. The minimum absolute atomic E-state index is 0.0417. The molecule has 9 heteroatoms. The molecule has 0 aliphatic heterocycles. The average Bonchev–Trinajstić information content (AvgIpc) is 2.79. The van der Waals surface area contributed by atoms with Crippen molar-refractivity contribution in [2.45, 2.75) is 0 Å². The predicted molar refractivity (Wildman–Crippen MR) is 92.2 cm³/mol. The van der Waals surface area contributed by atoms with Crippen LogP contribution in [0.3, 0.4) is 0 Å². The molecule has 0 aromatic carbocycles. The van der Waals surface area contributed by atoms with Gasteiger partial charge in [-0.2, -0.15) is 0 Å². The molecule has 0 N–H and O–H groups in total. The zero-order valence-corrected chi connectivity index (χ0v) is 15.6. The molecular weight excluding hydrogens is 509 g/mol. The molecule has 0 amide bonds. The van der Waals surface area contributed by atoms with Crippen LogP contribution in [0.1, 0.15) is 0 Å². The zero-order valence-electron chi connectivity index (χ0n) is 8.89. The van der Waals surface area contributed by atoms with Gasteiger partial charge in [0, 0.05) is 68.8 Å². The van der Waals surface area contributed by atoms with E-state index in [1.165, 1.54) is 33.1 Å². The number of aryl methyl sites for hydroxylation is 2. The Morgan fingerprint density at radius 1 is 1.18 bits per heavy atom. The normalized spacial score (nSPS) is 8.76. The quantitative estimate of drug-likeness (QED) is 0.503. The van der Waals surface area contributed by atoms with E-state index in [1.54, 1.807) is 29.5 Å². The summed E-state index contributed by atoms with van der Waals surface area (Å²) in [4.78, 5) is 20.9. The first-order valence-corrected chi connectivity index (χ1v) is 12.4. The molecule has 2 heterocycles. The van der Waals surface area contributed by atoms with Crippen molar-refractivity contribution in [3.05, 3.63) is 42.6 Å². The summed E-state index contributed by atoms with van der Waals surface area (Å²) in [5, 5.41) is 1.77. The molecule has 96 valence electrons. The molecule has 0 radical (unpaired) electrons. The average molecular weight is 519 g/mol. The van der Waals surface area contributed by atoms with Crippen molar-refractivity contribution in [1.29, 1.82) is 0 Å². The molecule has 0 spiro atoms. The minimum atomic E-state index is -0.0417. The van der Waals surface area contributed by atoms with Crippen molar-refractivity contribution < 1.29 is 0 Å². The van der Waals surface area contributed by atoms with Crippen LogP contribution < -0.4 is 11.1 Å². The topological polar surface area (TPSA) is 44.0 Å². The first-order valence-electron chi connectivity index (χ1n) is 4.09. The molecule has 2 aromatic rings. The Morgan fingerprint density at radius 3 is 1.88 bits per heavy atom. The van der Waals surface area contributed by atoms with Gasteiger partial charge in [0.25, 0.3) is 11.1 Å². The van der Waals surface area contributed by atoms with Gasteiger partial charge in [0.05, 0.1) is 0 Å². The summed E-state index contributed by atoms with van der Waals surface area (Å²) >= 11 is 12.4. The van der Waals surface area contributed by atoms with E-state index in [2.05, 4.69) is 37.2 Å². The molecule has 0 atom stereocenters. The molecule has 17 heavy (non-hydrogen) atoms. The highest BCUT2D eigenvalue weighted by atomic mass is 128. The Hall–Kier alpha value is 0.610. The smallest absolute Gasteiger partial charge is 0.261 e. The highest BCUT2D eigenvalue weighted by Gasteiger charge is 1.93. The van der Waals surface area contributed by atoms with Gasteiger partial charge in [-0.3, -0.25) is 17.5 Å². The number of aromatic nitrogens is 2. The fourth-order valence-electron chi connectivity index (χ4n) is 0.727. The van der Waals surface area contributed by atoms with E-state index in [9.17, 15) is 9.59 Å². The number of nitrogens with zero attached hydrogens (tertiary/aromatic N) is 2. The second kappa shape index (κ2) is 9.53. The molecule has 0 saturated heterocycles. The van der Waals surface area contributed by atoms with Crippen LogP contribution in [0, 0.1) is 0 Å². The molecule has 0 aliphatic rings. The molecule has 2 aromatic heterocycles. The maximum atomic E-state index is 10.5. The monoisotopic (exact) mass is 518 g/mol. The van der Waals surface area contributed by atoms with Gasteiger partial charge in [-0.25, -0.2) is 0 Å². The van der Waals surface area contributed by atoms with Crippen molar-refractivity contribution in [1.82, 2.24) is 7.91 Å². The van der Waals surface area contributed by atoms with Gasteiger partial charge < -0.3 is 0 Å². The van der Waals surface area contributed by atoms with E-state index in [0.29, 0.717) is 4.34 Å². The van der Waals surface area contributed by atoms with Gasteiger partial charge in [0.1, 0.15) is 4.34 Å². The van der Waals surface area contributed by atoms with Crippen LogP contribution in [-0.2, 0) is 14.1 Å². The van der Waals surface area contributed by atoms with Crippen molar-refractivity contribution in [2.24, 2.45) is 14.1 Å². The Kier molecular flexibility index (Phi) is 9.87. The van der Waals surface area contributed by atoms with Crippen LogP contribution in [0.5, 0.6) is 0 Å². The Labute approximate surface area is 135 Å². The molecule has 4 nitrogen and oxygen atoms in total. The van der Waals surface area contributed by atoms with Crippen LogP contribution in [0.25, 0.3) is 0 Å². The summed E-state index contributed by atoms with van der Waals surface area (Å²) in [5.74, 6) is 0. The Bertz CT molecular complexity index is 546. The summed E-state index contributed by atoms with van der Waals surface area (Å²) in [6.07, 6.45) is 0. The second-order valence-electron chi connectivity index (χ2n) is 2.62. The lowest BCUT2D eigenvalue weighted by atomic mass is 10.7. The van der Waals surface area contributed by atoms with Gasteiger partial charge in [-0.05, 0) is 11.5 Å². The largest absolute Gasteiger partial charge is 0.268 e. The van der Waals surface area contributed by atoms with E-state index < -0.39 is 0 Å². The first-order chi connectivity index (χ1) is 8.00. The molecule has 0 unspecified atom stereocenters. The lowest BCUT2D eigenvalue weighted by Crippen LogP contribution is -2.05. The number of hydrogen-bond donors (Lipinski definition) is 0. The summed E-state index contributed by atoms with van der Waals surface area (Å²) < 4.78 is 3.58. The standard InChI is InChI=1S/C4H4ClNOS.C4H5NOS.I2/c1-6-4(7)2-3(5)8-6;1-5-4(6)2-3-7-5;1-2/h2H,1H3;2-3H,1H3;.